The summed E-state index contributed by atoms with van der Waals surface area (Å²) >= 11 is 6.55. The minimum absolute atomic E-state index is 0.217. The van der Waals surface area contributed by atoms with E-state index < -0.39 is 11.9 Å². The highest BCUT2D eigenvalue weighted by molar-refractivity contribution is 8.27. The van der Waals surface area contributed by atoms with Gasteiger partial charge in [-0.3, -0.25) is 24.2 Å². The summed E-state index contributed by atoms with van der Waals surface area (Å²) in [4.78, 5) is 41.6. The highest BCUT2D eigenvalue weighted by Crippen LogP contribution is 2.45. The smallest absolute Gasteiger partial charge is 0.326 e. The average Bonchev–Trinajstić information content (AvgIpc) is 3.16. The highest BCUT2D eigenvalue weighted by Gasteiger charge is 2.43. The first-order valence-electron chi connectivity index (χ1n) is 9.36. The molecule has 4 rings (SSSR count). The van der Waals surface area contributed by atoms with E-state index in [0.29, 0.717) is 21.3 Å². The maximum atomic E-state index is 13.3. The Labute approximate surface area is 183 Å². The number of hydrogen-bond acceptors (Lipinski definition) is 6. The molecule has 1 fully saturated rings. The molecule has 2 aliphatic heterocycles. The number of hydrogen-bond donors (Lipinski definition) is 0. The maximum absolute atomic E-state index is 13.3. The van der Waals surface area contributed by atoms with Crippen LogP contribution in [-0.2, 0) is 19.1 Å². The molecule has 0 unspecified atom stereocenters. The summed E-state index contributed by atoms with van der Waals surface area (Å²) in [6.07, 6.45) is 0. The molecule has 0 aromatic heterocycles. The minimum Gasteiger partial charge on any atom is -0.465 e. The number of carbonyl (C=O) groups excluding carboxylic acids is 3. The molecule has 2 aromatic rings. The molecule has 2 aromatic carbocycles. The predicted octanol–water partition coefficient (Wildman–Crippen LogP) is 3.68. The number of carbonyl (C=O) groups is 3. The number of aryl methyl sites for hydroxylation is 1. The molecule has 2 amide bonds. The molecule has 0 radical (unpaired) electrons. The van der Waals surface area contributed by atoms with Crippen LogP contribution in [0.4, 0.5) is 11.4 Å². The Kier molecular flexibility index (Phi) is 5.44. The zero-order chi connectivity index (χ0) is 21.4. The first-order valence-corrected chi connectivity index (χ1v) is 10.6. The fraction of sp³-hybridized carbons (Fsp3) is 0.182. The van der Waals surface area contributed by atoms with E-state index in [4.69, 9.17) is 17.0 Å². The number of thiocarbonyl (C=S) groups is 1. The van der Waals surface area contributed by atoms with Crippen molar-refractivity contribution in [3.63, 3.8) is 0 Å². The highest BCUT2D eigenvalue weighted by atomic mass is 32.2. The quantitative estimate of drug-likeness (QED) is 0.412. The van der Waals surface area contributed by atoms with Crippen molar-refractivity contribution >= 4 is 63.0 Å². The molecule has 0 aliphatic carbocycles. The maximum Gasteiger partial charge on any atom is 0.326 e. The molecule has 0 bridgehead atoms. The number of anilines is 2. The molecule has 8 heteroatoms. The van der Waals surface area contributed by atoms with E-state index in [1.165, 1.54) is 9.80 Å². The lowest BCUT2D eigenvalue weighted by molar-refractivity contribution is -0.142. The second-order valence-corrected chi connectivity index (χ2v) is 8.41. The first-order chi connectivity index (χ1) is 14.4. The van der Waals surface area contributed by atoms with Crippen LogP contribution in [-0.4, -0.2) is 35.3 Å². The van der Waals surface area contributed by atoms with Gasteiger partial charge in [0, 0.05) is 5.56 Å². The number of esters is 1. The van der Waals surface area contributed by atoms with Gasteiger partial charge in [0.2, 0.25) is 0 Å². The molecule has 0 spiro atoms. The van der Waals surface area contributed by atoms with Crippen LogP contribution >= 0.6 is 24.0 Å². The number of rotatable bonds is 4. The van der Waals surface area contributed by atoms with Gasteiger partial charge in [-0.05, 0) is 32.0 Å². The summed E-state index contributed by atoms with van der Waals surface area (Å²) in [6, 6.07) is 14.5. The van der Waals surface area contributed by atoms with Crippen molar-refractivity contribution < 1.29 is 19.1 Å². The van der Waals surface area contributed by atoms with Crippen molar-refractivity contribution in [2.45, 2.75) is 13.8 Å². The third kappa shape index (κ3) is 3.42. The summed E-state index contributed by atoms with van der Waals surface area (Å²) in [6.45, 7) is 3.68. The Morgan fingerprint density at radius 3 is 2.47 bits per heavy atom. The number of amides is 2. The lowest BCUT2D eigenvalue weighted by Gasteiger charge is -2.16. The van der Waals surface area contributed by atoms with E-state index in [1.54, 1.807) is 31.2 Å². The summed E-state index contributed by atoms with van der Waals surface area (Å²) < 4.78 is 5.36. The number of para-hydroxylation sites is 1. The standard InChI is InChI=1S/C22H18N2O4S2/c1-3-28-17(25)12-23-16-7-5-4-6-15(16)18(20(23)26)19-21(27)24(22(29)30-19)14-10-8-13(2)9-11-14/h4-11H,3,12H2,1-2H3. The van der Waals surface area contributed by atoms with Gasteiger partial charge in [-0.25, -0.2) is 0 Å². The minimum atomic E-state index is -0.505. The largest absolute Gasteiger partial charge is 0.465 e. The van der Waals surface area contributed by atoms with Crippen LogP contribution in [0.5, 0.6) is 0 Å². The van der Waals surface area contributed by atoms with Crippen molar-refractivity contribution in [2.24, 2.45) is 0 Å². The molecule has 2 heterocycles. The second kappa shape index (κ2) is 8.04. The lowest BCUT2D eigenvalue weighted by atomic mass is 10.1. The Morgan fingerprint density at radius 2 is 1.77 bits per heavy atom. The molecule has 30 heavy (non-hydrogen) atoms. The molecule has 0 atom stereocenters. The molecular formula is C22H18N2O4S2. The van der Waals surface area contributed by atoms with Crippen LogP contribution in [0.3, 0.4) is 0 Å². The number of thioether (sulfide) groups is 1. The Hall–Kier alpha value is -2.97. The van der Waals surface area contributed by atoms with Gasteiger partial charge in [0.25, 0.3) is 11.8 Å². The third-order valence-electron chi connectivity index (χ3n) is 4.80. The second-order valence-electron chi connectivity index (χ2n) is 6.76. The molecule has 2 aliphatic rings. The normalized spacial score (nSPS) is 18.3. The van der Waals surface area contributed by atoms with Crippen molar-refractivity contribution in [3.05, 3.63) is 64.6 Å². The van der Waals surface area contributed by atoms with Crippen molar-refractivity contribution in [3.8, 4) is 0 Å². The Bertz CT molecular complexity index is 1110. The van der Waals surface area contributed by atoms with Crippen LogP contribution in [0.15, 0.2) is 53.4 Å². The van der Waals surface area contributed by atoms with Gasteiger partial charge in [0.15, 0.2) is 4.32 Å². The topological polar surface area (TPSA) is 66.9 Å². The van der Waals surface area contributed by atoms with E-state index in [0.717, 1.165) is 17.3 Å². The molecule has 0 saturated carbocycles. The summed E-state index contributed by atoms with van der Waals surface area (Å²) in [7, 11) is 0. The van der Waals surface area contributed by atoms with Crippen LogP contribution in [0.25, 0.3) is 5.57 Å². The summed E-state index contributed by atoms with van der Waals surface area (Å²) in [5.74, 6) is -1.26. The van der Waals surface area contributed by atoms with Gasteiger partial charge >= 0.3 is 5.97 Å². The van der Waals surface area contributed by atoms with E-state index in [-0.39, 0.29) is 29.5 Å². The Morgan fingerprint density at radius 1 is 1.07 bits per heavy atom. The monoisotopic (exact) mass is 438 g/mol. The summed E-state index contributed by atoms with van der Waals surface area (Å²) in [5, 5.41) is 0. The first kappa shape index (κ1) is 20.3. The molecule has 0 N–H and O–H groups in total. The van der Waals surface area contributed by atoms with Crippen LogP contribution < -0.4 is 9.80 Å². The van der Waals surface area contributed by atoms with Gasteiger partial charge in [-0.1, -0.05) is 59.9 Å². The molecular weight excluding hydrogens is 420 g/mol. The van der Waals surface area contributed by atoms with E-state index in [1.807, 2.05) is 31.2 Å². The van der Waals surface area contributed by atoms with Crippen LogP contribution in [0.2, 0.25) is 0 Å². The zero-order valence-corrected chi connectivity index (χ0v) is 18.0. The van der Waals surface area contributed by atoms with E-state index in [9.17, 15) is 14.4 Å². The Balaban J connectivity index is 1.76. The van der Waals surface area contributed by atoms with Gasteiger partial charge in [-0.2, -0.15) is 0 Å². The van der Waals surface area contributed by atoms with Crippen LogP contribution in [0.1, 0.15) is 18.1 Å². The predicted molar refractivity (Wildman–Crippen MR) is 121 cm³/mol. The number of ether oxygens (including phenoxy) is 1. The number of benzene rings is 2. The molecule has 6 nitrogen and oxygen atoms in total. The fourth-order valence-electron chi connectivity index (χ4n) is 3.43. The van der Waals surface area contributed by atoms with Gasteiger partial charge in [0.05, 0.1) is 28.5 Å². The van der Waals surface area contributed by atoms with E-state index >= 15 is 0 Å². The van der Waals surface area contributed by atoms with Gasteiger partial charge < -0.3 is 4.74 Å². The third-order valence-corrected chi connectivity index (χ3v) is 6.18. The summed E-state index contributed by atoms with van der Waals surface area (Å²) in [5.41, 5.74) is 3.17. The van der Waals surface area contributed by atoms with Gasteiger partial charge in [-0.15, -0.1) is 0 Å². The van der Waals surface area contributed by atoms with E-state index in [2.05, 4.69) is 0 Å². The fourth-order valence-corrected chi connectivity index (χ4v) is 4.80. The zero-order valence-electron chi connectivity index (χ0n) is 16.4. The van der Waals surface area contributed by atoms with Gasteiger partial charge in [0.1, 0.15) is 6.54 Å². The van der Waals surface area contributed by atoms with Crippen molar-refractivity contribution in [1.82, 2.24) is 0 Å². The van der Waals surface area contributed by atoms with Crippen molar-refractivity contribution in [1.29, 1.82) is 0 Å². The number of nitrogens with zero attached hydrogens (tertiary/aromatic N) is 2. The number of fused-ring (bicyclic) bond motifs is 1. The van der Waals surface area contributed by atoms with Crippen LogP contribution in [0, 0.1) is 6.92 Å². The van der Waals surface area contributed by atoms with Crippen molar-refractivity contribution in [2.75, 3.05) is 23.0 Å². The average molecular weight is 439 g/mol. The lowest BCUT2D eigenvalue weighted by Crippen LogP contribution is -2.34. The molecule has 1 saturated heterocycles. The SMILES string of the molecule is CCOC(=O)CN1C(=O)C(=C2SC(=S)N(c3ccc(C)cc3)C2=O)c2ccccc21. The molecule has 152 valence electrons.